The summed E-state index contributed by atoms with van der Waals surface area (Å²) in [5.41, 5.74) is 5.55. The van der Waals surface area contributed by atoms with Gasteiger partial charge in [-0.1, -0.05) is 54.6 Å². The van der Waals surface area contributed by atoms with E-state index in [1.165, 1.54) is 4.90 Å². The SMILES string of the molecule is CN1C(=O)C2=C(c3ccccc3)c3ccccc3C2=CC1O. The quantitative estimate of drug-likeness (QED) is 0.877. The van der Waals surface area contributed by atoms with Crippen LogP contribution in [0.5, 0.6) is 0 Å². The summed E-state index contributed by atoms with van der Waals surface area (Å²) in [6.45, 7) is 0. The van der Waals surface area contributed by atoms with Crippen LogP contribution in [0.3, 0.4) is 0 Å². The molecule has 108 valence electrons. The Balaban J connectivity index is 2.07. The fourth-order valence-corrected chi connectivity index (χ4v) is 3.20. The molecule has 2 aromatic rings. The number of fused-ring (bicyclic) bond motifs is 3. The predicted octanol–water partition coefficient (Wildman–Crippen LogP) is 2.68. The molecule has 1 heterocycles. The molecular weight excluding hydrogens is 274 g/mol. The maximum Gasteiger partial charge on any atom is 0.257 e. The van der Waals surface area contributed by atoms with Gasteiger partial charge in [-0.25, -0.2) is 0 Å². The Labute approximate surface area is 128 Å². The molecular formula is C19H15NO2. The molecule has 0 bridgehead atoms. The molecule has 0 saturated heterocycles. The molecule has 1 N–H and O–H groups in total. The molecule has 2 aromatic carbocycles. The minimum atomic E-state index is -0.880. The van der Waals surface area contributed by atoms with Gasteiger partial charge in [0.05, 0.1) is 5.57 Å². The predicted molar refractivity (Wildman–Crippen MR) is 85.7 cm³/mol. The highest BCUT2D eigenvalue weighted by Crippen LogP contribution is 2.46. The van der Waals surface area contributed by atoms with Crippen molar-refractivity contribution in [2.75, 3.05) is 7.05 Å². The zero-order chi connectivity index (χ0) is 15.3. The van der Waals surface area contributed by atoms with Crippen molar-refractivity contribution in [2.45, 2.75) is 6.23 Å². The van der Waals surface area contributed by atoms with Crippen LogP contribution in [0.25, 0.3) is 11.1 Å². The minimum absolute atomic E-state index is 0.139. The number of amides is 1. The molecule has 0 fully saturated rings. The van der Waals surface area contributed by atoms with E-state index < -0.39 is 6.23 Å². The molecule has 0 spiro atoms. The van der Waals surface area contributed by atoms with Crippen molar-refractivity contribution in [2.24, 2.45) is 0 Å². The lowest BCUT2D eigenvalue weighted by molar-refractivity contribution is -0.132. The summed E-state index contributed by atoms with van der Waals surface area (Å²) in [4.78, 5) is 14.1. The molecule has 1 atom stereocenters. The third kappa shape index (κ3) is 1.69. The molecule has 1 unspecified atom stereocenters. The van der Waals surface area contributed by atoms with Crippen LogP contribution in [0.4, 0.5) is 0 Å². The normalized spacial score (nSPS) is 19.9. The zero-order valence-electron chi connectivity index (χ0n) is 12.2. The van der Waals surface area contributed by atoms with Crippen LogP contribution in [0.2, 0.25) is 0 Å². The van der Waals surface area contributed by atoms with Crippen LogP contribution in [0, 0.1) is 0 Å². The van der Waals surface area contributed by atoms with Gasteiger partial charge < -0.3 is 10.0 Å². The molecule has 1 amide bonds. The van der Waals surface area contributed by atoms with Crippen molar-refractivity contribution >= 4 is 17.1 Å². The van der Waals surface area contributed by atoms with Gasteiger partial charge in [0.1, 0.15) is 6.23 Å². The fraction of sp³-hybridized carbons (Fsp3) is 0.105. The first kappa shape index (κ1) is 13.0. The third-order valence-electron chi connectivity index (χ3n) is 4.32. The summed E-state index contributed by atoms with van der Waals surface area (Å²) in [7, 11) is 1.62. The summed E-state index contributed by atoms with van der Waals surface area (Å²) >= 11 is 0. The summed E-state index contributed by atoms with van der Waals surface area (Å²) in [6, 6.07) is 17.9. The average molecular weight is 289 g/mol. The van der Waals surface area contributed by atoms with Crippen LogP contribution < -0.4 is 0 Å². The molecule has 22 heavy (non-hydrogen) atoms. The van der Waals surface area contributed by atoms with Crippen LogP contribution in [0.15, 0.2) is 66.2 Å². The second-order valence-electron chi connectivity index (χ2n) is 5.57. The van der Waals surface area contributed by atoms with Crippen LogP contribution in [-0.4, -0.2) is 29.2 Å². The largest absolute Gasteiger partial charge is 0.370 e. The zero-order valence-corrected chi connectivity index (χ0v) is 12.2. The van der Waals surface area contributed by atoms with Gasteiger partial charge in [-0.3, -0.25) is 4.79 Å². The lowest BCUT2D eigenvalue weighted by atomic mass is 9.95. The number of hydrogen-bond donors (Lipinski definition) is 1. The Bertz CT molecular complexity index is 834. The first-order chi connectivity index (χ1) is 10.7. The van der Waals surface area contributed by atoms with E-state index in [9.17, 15) is 9.90 Å². The highest BCUT2D eigenvalue weighted by Gasteiger charge is 2.37. The van der Waals surface area contributed by atoms with Gasteiger partial charge in [0.2, 0.25) is 0 Å². The number of rotatable bonds is 1. The Morgan fingerprint density at radius 1 is 0.909 bits per heavy atom. The van der Waals surface area contributed by atoms with Crippen molar-refractivity contribution in [3.63, 3.8) is 0 Å². The third-order valence-corrected chi connectivity index (χ3v) is 4.32. The first-order valence-electron chi connectivity index (χ1n) is 7.25. The minimum Gasteiger partial charge on any atom is -0.370 e. The highest BCUT2D eigenvalue weighted by atomic mass is 16.3. The van der Waals surface area contributed by atoms with Gasteiger partial charge in [-0.15, -0.1) is 0 Å². The monoisotopic (exact) mass is 289 g/mol. The van der Waals surface area contributed by atoms with Crippen molar-refractivity contribution in [1.82, 2.24) is 4.90 Å². The topological polar surface area (TPSA) is 40.5 Å². The number of aliphatic hydroxyl groups excluding tert-OH is 1. The van der Waals surface area contributed by atoms with E-state index in [4.69, 9.17) is 0 Å². The summed E-state index contributed by atoms with van der Waals surface area (Å²) in [6.07, 6.45) is 0.875. The first-order valence-corrected chi connectivity index (χ1v) is 7.25. The standard InChI is InChI=1S/C19H15NO2/c1-20-16(21)11-15-13-9-5-6-10-14(13)17(18(15)19(20)22)12-7-3-2-4-8-12/h2-11,16,21H,1H3. The number of aliphatic hydroxyl groups is 1. The Kier molecular flexibility index (Phi) is 2.78. The molecule has 3 nitrogen and oxygen atoms in total. The number of nitrogens with zero attached hydrogens (tertiary/aromatic N) is 1. The van der Waals surface area contributed by atoms with Crippen molar-refractivity contribution in [1.29, 1.82) is 0 Å². The second-order valence-corrected chi connectivity index (χ2v) is 5.57. The van der Waals surface area contributed by atoms with Gasteiger partial charge >= 0.3 is 0 Å². The highest BCUT2D eigenvalue weighted by molar-refractivity contribution is 6.23. The van der Waals surface area contributed by atoms with E-state index in [1.807, 2.05) is 54.6 Å². The van der Waals surface area contributed by atoms with E-state index in [1.54, 1.807) is 13.1 Å². The summed E-state index contributed by atoms with van der Waals surface area (Å²) in [5, 5.41) is 10.1. The number of likely N-dealkylation sites (N-methyl/N-ethyl adjacent to an activating group) is 1. The Morgan fingerprint density at radius 2 is 1.55 bits per heavy atom. The van der Waals surface area contributed by atoms with E-state index in [0.29, 0.717) is 5.57 Å². The lowest BCUT2D eigenvalue weighted by Gasteiger charge is -2.28. The average Bonchev–Trinajstić information content (AvgIpc) is 2.88. The van der Waals surface area contributed by atoms with Crippen LogP contribution in [-0.2, 0) is 4.79 Å². The fourth-order valence-electron chi connectivity index (χ4n) is 3.20. The number of carbonyl (C=O) groups excluding carboxylic acids is 1. The van der Waals surface area contributed by atoms with Crippen LogP contribution >= 0.6 is 0 Å². The molecule has 0 aromatic heterocycles. The van der Waals surface area contributed by atoms with E-state index in [0.717, 1.165) is 27.8 Å². The molecule has 3 heteroatoms. The van der Waals surface area contributed by atoms with Crippen LogP contribution in [0.1, 0.15) is 16.7 Å². The van der Waals surface area contributed by atoms with Gasteiger partial charge in [-0.05, 0) is 28.3 Å². The van der Waals surface area contributed by atoms with E-state index >= 15 is 0 Å². The van der Waals surface area contributed by atoms with Gasteiger partial charge in [-0.2, -0.15) is 0 Å². The van der Waals surface area contributed by atoms with E-state index in [-0.39, 0.29) is 5.91 Å². The lowest BCUT2D eigenvalue weighted by Crippen LogP contribution is -2.39. The van der Waals surface area contributed by atoms with Crippen molar-refractivity contribution in [3.05, 3.63) is 82.9 Å². The van der Waals surface area contributed by atoms with Crippen molar-refractivity contribution in [3.8, 4) is 0 Å². The Morgan fingerprint density at radius 3 is 2.27 bits per heavy atom. The molecule has 0 radical (unpaired) electrons. The van der Waals surface area contributed by atoms with Crippen molar-refractivity contribution < 1.29 is 9.90 Å². The van der Waals surface area contributed by atoms with Gasteiger partial charge in [0, 0.05) is 12.6 Å². The molecule has 1 aliphatic carbocycles. The smallest absolute Gasteiger partial charge is 0.257 e. The molecule has 0 saturated carbocycles. The second kappa shape index (κ2) is 4.68. The maximum atomic E-state index is 12.7. The maximum absolute atomic E-state index is 12.7. The van der Waals surface area contributed by atoms with E-state index in [2.05, 4.69) is 0 Å². The molecule has 4 rings (SSSR count). The summed E-state index contributed by atoms with van der Waals surface area (Å²) < 4.78 is 0. The molecule has 2 aliphatic rings. The summed E-state index contributed by atoms with van der Waals surface area (Å²) in [5.74, 6) is -0.139. The molecule has 1 aliphatic heterocycles. The van der Waals surface area contributed by atoms with Gasteiger partial charge in [0.25, 0.3) is 5.91 Å². The number of benzene rings is 2. The Hall–Kier alpha value is -2.65. The number of hydrogen-bond acceptors (Lipinski definition) is 2. The number of carbonyl (C=O) groups is 1. The van der Waals surface area contributed by atoms with Gasteiger partial charge in [0.15, 0.2) is 0 Å².